The van der Waals surface area contributed by atoms with Gasteiger partial charge in [-0.1, -0.05) is 0 Å². The highest BCUT2D eigenvalue weighted by Crippen LogP contribution is 2.14. The SMILES string of the molecule is CC(=O)c1cnc(Cn2ncc(NC(=O)O)n2)s1. The molecule has 2 heterocycles. The highest BCUT2D eigenvalue weighted by molar-refractivity contribution is 7.13. The van der Waals surface area contributed by atoms with Crippen molar-refractivity contribution in [3.63, 3.8) is 0 Å². The number of nitrogens with one attached hydrogen (secondary N) is 1. The predicted molar refractivity (Wildman–Crippen MR) is 62.9 cm³/mol. The third-order valence-corrected chi connectivity index (χ3v) is 3.03. The number of amides is 1. The van der Waals surface area contributed by atoms with Crippen LogP contribution in [0.25, 0.3) is 0 Å². The molecule has 2 N–H and O–H groups in total. The molecule has 9 heteroatoms. The second-order valence-corrected chi connectivity index (χ2v) is 4.48. The lowest BCUT2D eigenvalue weighted by Crippen LogP contribution is -2.09. The van der Waals surface area contributed by atoms with Gasteiger partial charge in [0, 0.05) is 13.1 Å². The van der Waals surface area contributed by atoms with Gasteiger partial charge in [0.25, 0.3) is 0 Å². The van der Waals surface area contributed by atoms with Gasteiger partial charge in [0.15, 0.2) is 11.6 Å². The molecule has 0 aliphatic heterocycles. The van der Waals surface area contributed by atoms with Crippen molar-refractivity contribution in [2.75, 3.05) is 5.32 Å². The summed E-state index contributed by atoms with van der Waals surface area (Å²) in [5.41, 5.74) is 0. The van der Waals surface area contributed by atoms with Gasteiger partial charge >= 0.3 is 6.09 Å². The Morgan fingerprint density at radius 3 is 2.89 bits per heavy atom. The molecule has 0 atom stereocenters. The fraction of sp³-hybridized carbons (Fsp3) is 0.222. The van der Waals surface area contributed by atoms with Gasteiger partial charge in [-0.2, -0.15) is 9.90 Å². The monoisotopic (exact) mass is 267 g/mol. The first-order valence-corrected chi connectivity index (χ1v) is 5.72. The largest absolute Gasteiger partial charge is 0.465 e. The molecule has 0 saturated carbocycles. The van der Waals surface area contributed by atoms with Crippen LogP contribution in [0.5, 0.6) is 0 Å². The summed E-state index contributed by atoms with van der Waals surface area (Å²) < 4.78 is 0. The van der Waals surface area contributed by atoms with Crippen molar-refractivity contribution in [1.29, 1.82) is 0 Å². The summed E-state index contributed by atoms with van der Waals surface area (Å²) in [7, 11) is 0. The summed E-state index contributed by atoms with van der Waals surface area (Å²) in [5, 5.41) is 19.0. The van der Waals surface area contributed by atoms with E-state index in [2.05, 4.69) is 20.5 Å². The van der Waals surface area contributed by atoms with Crippen molar-refractivity contribution >= 4 is 29.0 Å². The Bertz CT molecular complexity index is 591. The summed E-state index contributed by atoms with van der Waals surface area (Å²) in [6, 6.07) is 0. The second kappa shape index (κ2) is 4.92. The average Bonchev–Trinajstić information content (AvgIpc) is 2.88. The summed E-state index contributed by atoms with van der Waals surface area (Å²) in [5.74, 6) is 0.103. The first-order valence-electron chi connectivity index (χ1n) is 4.90. The molecule has 0 unspecified atom stereocenters. The van der Waals surface area contributed by atoms with Gasteiger partial charge in [-0.25, -0.2) is 9.78 Å². The zero-order chi connectivity index (χ0) is 13.1. The van der Waals surface area contributed by atoms with Crippen molar-refractivity contribution in [2.45, 2.75) is 13.5 Å². The van der Waals surface area contributed by atoms with E-state index in [-0.39, 0.29) is 11.6 Å². The molecule has 0 saturated heterocycles. The molecular formula is C9H9N5O3S. The van der Waals surface area contributed by atoms with E-state index in [1.54, 1.807) is 0 Å². The Labute approximate surface area is 105 Å². The fourth-order valence-electron chi connectivity index (χ4n) is 1.21. The van der Waals surface area contributed by atoms with Gasteiger partial charge in [-0.3, -0.25) is 10.1 Å². The molecule has 0 fully saturated rings. The Morgan fingerprint density at radius 1 is 1.50 bits per heavy atom. The molecular weight excluding hydrogens is 258 g/mol. The number of anilines is 1. The van der Waals surface area contributed by atoms with Crippen LogP contribution in [0.1, 0.15) is 21.6 Å². The average molecular weight is 267 g/mol. The number of carbonyl (C=O) groups is 2. The smallest absolute Gasteiger partial charge is 0.410 e. The van der Waals surface area contributed by atoms with Gasteiger partial charge < -0.3 is 5.11 Å². The van der Waals surface area contributed by atoms with Crippen molar-refractivity contribution in [2.24, 2.45) is 0 Å². The van der Waals surface area contributed by atoms with Crippen molar-refractivity contribution in [1.82, 2.24) is 20.0 Å². The minimum atomic E-state index is -1.20. The molecule has 18 heavy (non-hydrogen) atoms. The number of hydrogen-bond donors (Lipinski definition) is 2. The number of carbonyl (C=O) groups excluding carboxylic acids is 1. The predicted octanol–water partition coefficient (Wildman–Crippen LogP) is 1.08. The number of aromatic nitrogens is 4. The van der Waals surface area contributed by atoms with Gasteiger partial charge in [-0.05, 0) is 0 Å². The second-order valence-electron chi connectivity index (χ2n) is 3.36. The van der Waals surface area contributed by atoms with Crippen LogP contribution in [0, 0.1) is 0 Å². The number of ketones is 1. The van der Waals surface area contributed by atoms with E-state index in [9.17, 15) is 9.59 Å². The molecule has 2 rings (SSSR count). The third kappa shape index (κ3) is 2.88. The standard InChI is InChI=1S/C9H9N5O3S/c1-5(15)6-2-10-8(18-6)4-14-11-3-7(13-14)12-9(16)17/h2-3H,4H2,1H3,(H,12,13)(H,16,17). The zero-order valence-electron chi connectivity index (χ0n) is 9.32. The van der Waals surface area contributed by atoms with E-state index in [1.807, 2.05) is 0 Å². The summed E-state index contributed by atoms with van der Waals surface area (Å²) in [6.07, 6.45) is 1.60. The topological polar surface area (TPSA) is 110 Å². The molecule has 2 aromatic heterocycles. The van der Waals surface area contributed by atoms with Crippen molar-refractivity contribution in [3.05, 3.63) is 22.3 Å². The number of hydrogen-bond acceptors (Lipinski definition) is 6. The Kier molecular flexibility index (Phi) is 3.33. The van der Waals surface area contributed by atoms with Crippen LogP contribution in [0.4, 0.5) is 10.6 Å². The Morgan fingerprint density at radius 2 is 2.28 bits per heavy atom. The Hall–Kier alpha value is -2.29. The number of rotatable bonds is 4. The van der Waals surface area contributed by atoms with Crippen LogP contribution < -0.4 is 5.32 Å². The fourth-order valence-corrected chi connectivity index (χ4v) is 2.00. The van der Waals surface area contributed by atoms with Crippen LogP contribution in [0.15, 0.2) is 12.4 Å². The van der Waals surface area contributed by atoms with Crippen LogP contribution in [-0.4, -0.2) is 37.0 Å². The number of Topliss-reactive ketones (excluding diaryl/α,β-unsaturated/α-hetero) is 1. The Balaban J connectivity index is 2.06. The molecule has 94 valence electrons. The molecule has 0 aliphatic rings. The molecule has 0 bridgehead atoms. The third-order valence-electron chi connectivity index (χ3n) is 1.95. The molecule has 8 nitrogen and oxygen atoms in total. The highest BCUT2D eigenvalue weighted by atomic mass is 32.1. The van der Waals surface area contributed by atoms with Gasteiger partial charge in [0.2, 0.25) is 0 Å². The quantitative estimate of drug-likeness (QED) is 0.802. The van der Waals surface area contributed by atoms with E-state index in [4.69, 9.17) is 5.11 Å². The summed E-state index contributed by atoms with van der Waals surface area (Å²) in [4.78, 5) is 27.4. The van der Waals surface area contributed by atoms with Gasteiger partial charge in [0.1, 0.15) is 11.6 Å². The summed E-state index contributed by atoms with van der Waals surface area (Å²) in [6.45, 7) is 1.76. The zero-order valence-corrected chi connectivity index (χ0v) is 10.1. The van der Waals surface area contributed by atoms with Crippen molar-refractivity contribution in [3.8, 4) is 0 Å². The van der Waals surface area contributed by atoms with E-state index in [0.29, 0.717) is 16.4 Å². The molecule has 0 spiro atoms. The van der Waals surface area contributed by atoms with Crippen LogP contribution >= 0.6 is 11.3 Å². The normalized spacial score (nSPS) is 10.3. The lowest BCUT2D eigenvalue weighted by atomic mass is 10.4. The van der Waals surface area contributed by atoms with E-state index >= 15 is 0 Å². The molecule has 1 amide bonds. The van der Waals surface area contributed by atoms with Gasteiger partial charge in [-0.15, -0.1) is 16.4 Å². The molecule has 0 aliphatic carbocycles. The molecule has 0 aromatic carbocycles. The number of nitrogens with zero attached hydrogens (tertiary/aromatic N) is 4. The first-order chi connectivity index (χ1) is 8.54. The maximum Gasteiger partial charge on any atom is 0.410 e. The van der Waals surface area contributed by atoms with E-state index in [0.717, 1.165) is 0 Å². The van der Waals surface area contributed by atoms with Crippen LogP contribution in [-0.2, 0) is 6.54 Å². The molecule has 2 aromatic rings. The lowest BCUT2D eigenvalue weighted by Gasteiger charge is -1.95. The maximum atomic E-state index is 11.1. The van der Waals surface area contributed by atoms with E-state index < -0.39 is 6.09 Å². The highest BCUT2D eigenvalue weighted by Gasteiger charge is 2.08. The first kappa shape index (κ1) is 12.2. The van der Waals surface area contributed by atoms with Crippen LogP contribution in [0.3, 0.4) is 0 Å². The van der Waals surface area contributed by atoms with E-state index in [1.165, 1.54) is 35.5 Å². The lowest BCUT2D eigenvalue weighted by molar-refractivity contribution is 0.102. The maximum absolute atomic E-state index is 11.1. The van der Waals surface area contributed by atoms with Crippen molar-refractivity contribution < 1.29 is 14.7 Å². The number of carboxylic acid groups (broad SMARTS) is 1. The minimum absolute atomic E-state index is 0.0413. The minimum Gasteiger partial charge on any atom is -0.465 e. The molecule has 0 radical (unpaired) electrons. The number of thiazole rings is 1. The van der Waals surface area contributed by atoms with Crippen LogP contribution in [0.2, 0.25) is 0 Å². The van der Waals surface area contributed by atoms with Gasteiger partial charge in [0.05, 0.1) is 11.1 Å². The summed E-state index contributed by atoms with van der Waals surface area (Å²) >= 11 is 1.26.